The summed E-state index contributed by atoms with van der Waals surface area (Å²) in [6, 6.07) is 2.08. The molecule has 0 aromatic carbocycles. The van der Waals surface area contributed by atoms with Gasteiger partial charge in [0.1, 0.15) is 17.5 Å². The third kappa shape index (κ3) is 5.16. The van der Waals surface area contributed by atoms with Crippen LogP contribution in [0, 0.1) is 0 Å². The normalized spacial score (nSPS) is 14.5. The molecule has 0 bridgehead atoms. The lowest BCUT2D eigenvalue weighted by Gasteiger charge is -2.21. The number of aromatic nitrogens is 2. The monoisotopic (exact) mass is 291 g/mol. The molecule has 2 rings (SSSR count). The minimum absolute atomic E-state index is 0.585. The minimum atomic E-state index is 0.585. The molecule has 1 aromatic rings. The highest BCUT2D eigenvalue weighted by Gasteiger charge is 2.27. The summed E-state index contributed by atoms with van der Waals surface area (Å²) < 4.78 is 0. The van der Waals surface area contributed by atoms with Gasteiger partial charge in [-0.1, -0.05) is 6.92 Å². The largest absolute Gasteiger partial charge is 0.370 e. The van der Waals surface area contributed by atoms with E-state index in [4.69, 9.17) is 4.98 Å². The van der Waals surface area contributed by atoms with Gasteiger partial charge in [-0.15, -0.1) is 0 Å². The molecule has 1 saturated carbocycles. The molecule has 0 aliphatic heterocycles. The summed E-state index contributed by atoms with van der Waals surface area (Å²) in [5.74, 6) is 3.63. The van der Waals surface area contributed by atoms with Gasteiger partial charge in [0.2, 0.25) is 0 Å². The Hall–Kier alpha value is -1.36. The highest BCUT2D eigenvalue weighted by molar-refractivity contribution is 5.49. The molecule has 21 heavy (non-hydrogen) atoms. The molecule has 0 spiro atoms. The van der Waals surface area contributed by atoms with Gasteiger partial charge in [-0.3, -0.25) is 0 Å². The van der Waals surface area contributed by atoms with Crippen molar-refractivity contribution in [1.82, 2.24) is 14.9 Å². The van der Waals surface area contributed by atoms with E-state index >= 15 is 0 Å². The van der Waals surface area contributed by atoms with Crippen LogP contribution in [0.25, 0.3) is 0 Å². The molecule has 0 unspecified atom stereocenters. The minimum Gasteiger partial charge on any atom is -0.370 e. The maximum absolute atomic E-state index is 4.76. The Morgan fingerprint density at radius 2 is 1.95 bits per heavy atom. The lowest BCUT2D eigenvalue weighted by Crippen LogP contribution is -2.24. The van der Waals surface area contributed by atoms with Crippen molar-refractivity contribution in [2.75, 3.05) is 51.0 Å². The predicted molar refractivity (Wildman–Crippen MR) is 89.2 cm³/mol. The first-order valence-corrected chi connectivity index (χ1v) is 8.09. The van der Waals surface area contributed by atoms with Crippen molar-refractivity contribution < 1.29 is 0 Å². The third-order valence-corrected chi connectivity index (χ3v) is 3.72. The van der Waals surface area contributed by atoms with Crippen LogP contribution in [0.2, 0.25) is 0 Å². The van der Waals surface area contributed by atoms with E-state index in [0.29, 0.717) is 5.92 Å². The van der Waals surface area contributed by atoms with E-state index < -0.39 is 0 Å². The van der Waals surface area contributed by atoms with Gasteiger partial charge in [0, 0.05) is 32.1 Å². The number of hydrogen-bond acceptors (Lipinski definition) is 5. The first kappa shape index (κ1) is 16.0. The summed E-state index contributed by atoms with van der Waals surface area (Å²) in [7, 11) is 6.35. The summed E-state index contributed by atoms with van der Waals surface area (Å²) in [4.78, 5) is 13.9. The average Bonchev–Trinajstić information content (AvgIpc) is 3.29. The standard InChI is InChI=1S/C16H29N5/c1-5-9-17-14-12-15(19-16(18-14)13-7-8-13)21(4)11-6-10-20(2)3/h12-13H,5-11H2,1-4H3,(H,17,18,19). The first-order valence-electron chi connectivity index (χ1n) is 8.09. The molecule has 0 atom stereocenters. The second-order valence-corrected chi connectivity index (χ2v) is 6.25. The van der Waals surface area contributed by atoms with Gasteiger partial charge in [0.15, 0.2) is 0 Å². The highest BCUT2D eigenvalue weighted by atomic mass is 15.2. The van der Waals surface area contributed by atoms with Gasteiger partial charge in [0.25, 0.3) is 0 Å². The van der Waals surface area contributed by atoms with Gasteiger partial charge in [-0.2, -0.15) is 0 Å². The fourth-order valence-electron chi connectivity index (χ4n) is 2.25. The fraction of sp³-hybridized carbons (Fsp3) is 0.750. The van der Waals surface area contributed by atoms with Crippen molar-refractivity contribution in [1.29, 1.82) is 0 Å². The van der Waals surface area contributed by atoms with E-state index in [1.54, 1.807) is 0 Å². The second kappa shape index (κ2) is 7.59. The molecule has 1 aliphatic carbocycles. The van der Waals surface area contributed by atoms with Crippen LogP contribution in [0.1, 0.15) is 44.3 Å². The molecule has 5 nitrogen and oxygen atoms in total. The van der Waals surface area contributed by atoms with Crippen molar-refractivity contribution in [2.24, 2.45) is 0 Å². The van der Waals surface area contributed by atoms with Gasteiger partial charge in [-0.25, -0.2) is 9.97 Å². The molecule has 1 heterocycles. The van der Waals surface area contributed by atoms with Crippen LogP contribution in [-0.2, 0) is 0 Å². The van der Waals surface area contributed by atoms with Gasteiger partial charge >= 0.3 is 0 Å². The zero-order valence-corrected chi connectivity index (χ0v) is 13.9. The molecular weight excluding hydrogens is 262 g/mol. The Morgan fingerprint density at radius 3 is 2.57 bits per heavy atom. The number of nitrogens with zero attached hydrogens (tertiary/aromatic N) is 4. The highest BCUT2D eigenvalue weighted by Crippen LogP contribution is 2.39. The predicted octanol–water partition coefficient (Wildman–Crippen LogP) is 2.56. The molecule has 5 heteroatoms. The Balaban J connectivity index is 2.03. The summed E-state index contributed by atoms with van der Waals surface area (Å²) in [6.45, 7) is 5.26. The summed E-state index contributed by atoms with van der Waals surface area (Å²) in [6.07, 6.45) is 4.72. The number of nitrogens with one attached hydrogen (secondary N) is 1. The molecular formula is C16H29N5. The number of anilines is 2. The molecule has 0 saturated heterocycles. The Kier molecular flexibility index (Phi) is 5.79. The smallest absolute Gasteiger partial charge is 0.136 e. The second-order valence-electron chi connectivity index (χ2n) is 6.25. The molecule has 118 valence electrons. The van der Waals surface area contributed by atoms with Gasteiger partial charge in [0.05, 0.1) is 0 Å². The summed E-state index contributed by atoms with van der Waals surface area (Å²) in [5, 5.41) is 3.40. The van der Waals surface area contributed by atoms with Crippen LogP contribution in [0.3, 0.4) is 0 Å². The van der Waals surface area contributed by atoms with Crippen molar-refractivity contribution in [3.63, 3.8) is 0 Å². The van der Waals surface area contributed by atoms with Crippen LogP contribution >= 0.6 is 0 Å². The van der Waals surface area contributed by atoms with E-state index in [-0.39, 0.29) is 0 Å². The zero-order chi connectivity index (χ0) is 15.2. The Bertz CT molecular complexity index is 442. The van der Waals surface area contributed by atoms with Gasteiger partial charge in [-0.05, 0) is 46.3 Å². The maximum atomic E-state index is 4.76. The number of hydrogen-bond donors (Lipinski definition) is 1. The van der Waals surface area contributed by atoms with Crippen LogP contribution in [0.4, 0.5) is 11.6 Å². The topological polar surface area (TPSA) is 44.3 Å². The quantitative estimate of drug-likeness (QED) is 0.757. The van der Waals surface area contributed by atoms with E-state index in [2.05, 4.69) is 54.2 Å². The lowest BCUT2D eigenvalue weighted by atomic mass is 10.3. The van der Waals surface area contributed by atoms with Crippen molar-refractivity contribution >= 4 is 11.6 Å². The van der Waals surface area contributed by atoms with Gasteiger partial charge < -0.3 is 15.1 Å². The SMILES string of the molecule is CCCNc1cc(N(C)CCCN(C)C)nc(C2CC2)n1. The van der Waals surface area contributed by atoms with Crippen LogP contribution in [-0.4, -0.2) is 55.6 Å². The third-order valence-electron chi connectivity index (χ3n) is 3.72. The van der Waals surface area contributed by atoms with Crippen LogP contribution < -0.4 is 10.2 Å². The van der Waals surface area contributed by atoms with Crippen LogP contribution in [0.5, 0.6) is 0 Å². The van der Waals surface area contributed by atoms with E-state index in [0.717, 1.165) is 49.9 Å². The van der Waals surface area contributed by atoms with E-state index in [1.807, 2.05) is 0 Å². The van der Waals surface area contributed by atoms with Crippen molar-refractivity contribution in [2.45, 2.75) is 38.5 Å². The molecule has 0 amide bonds. The average molecular weight is 291 g/mol. The van der Waals surface area contributed by atoms with Crippen LogP contribution in [0.15, 0.2) is 6.07 Å². The summed E-state index contributed by atoms with van der Waals surface area (Å²) in [5.41, 5.74) is 0. The lowest BCUT2D eigenvalue weighted by molar-refractivity contribution is 0.401. The Labute approximate surface area is 128 Å². The summed E-state index contributed by atoms with van der Waals surface area (Å²) >= 11 is 0. The first-order chi connectivity index (χ1) is 10.1. The zero-order valence-electron chi connectivity index (χ0n) is 13.9. The fourth-order valence-corrected chi connectivity index (χ4v) is 2.25. The van der Waals surface area contributed by atoms with Crippen molar-refractivity contribution in [3.05, 3.63) is 11.9 Å². The molecule has 1 N–H and O–H groups in total. The van der Waals surface area contributed by atoms with E-state index in [9.17, 15) is 0 Å². The van der Waals surface area contributed by atoms with E-state index in [1.165, 1.54) is 12.8 Å². The number of rotatable bonds is 9. The molecule has 1 aliphatic rings. The molecule has 1 fully saturated rings. The molecule has 1 aromatic heterocycles. The maximum Gasteiger partial charge on any atom is 0.136 e. The van der Waals surface area contributed by atoms with Crippen molar-refractivity contribution in [3.8, 4) is 0 Å². The Morgan fingerprint density at radius 1 is 1.19 bits per heavy atom. The molecule has 0 radical (unpaired) electrons.